The van der Waals surface area contributed by atoms with Gasteiger partial charge < -0.3 is 36.4 Å². The van der Waals surface area contributed by atoms with E-state index in [1.54, 1.807) is 54.6 Å². The Bertz CT molecular complexity index is 1250. The molecule has 0 bridgehead atoms. The number of benzene rings is 2. The number of nitrogens with zero attached hydrogens (tertiary/aromatic N) is 1. The van der Waals surface area contributed by atoms with Crippen molar-refractivity contribution in [1.29, 1.82) is 0 Å². The molecule has 226 valence electrons. The number of nitrogens with two attached hydrogens (primary N) is 1. The van der Waals surface area contributed by atoms with Crippen LogP contribution in [0.2, 0.25) is 0 Å². The third-order valence-electron chi connectivity index (χ3n) is 6.59. The van der Waals surface area contributed by atoms with Gasteiger partial charge in [-0.25, -0.2) is 4.79 Å². The first-order chi connectivity index (χ1) is 19.8. The van der Waals surface area contributed by atoms with Crippen LogP contribution in [0.5, 0.6) is 0 Å². The molecule has 12 heteroatoms. The van der Waals surface area contributed by atoms with E-state index in [1.165, 1.54) is 4.90 Å². The van der Waals surface area contributed by atoms with Crippen LogP contribution in [0.1, 0.15) is 44.7 Å². The molecule has 1 heterocycles. The lowest BCUT2D eigenvalue weighted by atomic mass is 9.95. The number of nitrogens with one attached hydrogen (secondary N) is 3. The number of amides is 5. The highest BCUT2D eigenvalue weighted by atomic mass is 16.5. The maximum absolute atomic E-state index is 13.3. The second kappa shape index (κ2) is 14.4. The lowest BCUT2D eigenvalue weighted by Crippen LogP contribution is -2.65. The second-order valence-corrected chi connectivity index (χ2v) is 11.3. The van der Waals surface area contributed by atoms with Gasteiger partial charge in [0.2, 0.25) is 17.7 Å². The van der Waals surface area contributed by atoms with Gasteiger partial charge in [0.1, 0.15) is 18.7 Å². The van der Waals surface area contributed by atoms with E-state index in [9.17, 15) is 29.1 Å². The summed E-state index contributed by atoms with van der Waals surface area (Å²) in [5.74, 6) is -2.76. The predicted molar refractivity (Wildman–Crippen MR) is 153 cm³/mol. The molecule has 2 aromatic carbocycles. The highest BCUT2D eigenvalue weighted by molar-refractivity contribution is 5.93. The van der Waals surface area contributed by atoms with E-state index in [0.29, 0.717) is 17.5 Å². The van der Waals surface area contributed by atoms with Crippen LogP contribution in [0.15, 0.2) is 60.7 Å². The number of hydrogen-bond donors (Lipinski definition) is 5. The number of hydrogen-bond acceptors (Lipinski definition) is 7. The molecule has 0 aromatic heterocycles. The molecule has 0 spiro atoms. The van der Waals surface area contributed by atoms with E-state index >= 15 is 0 Å². The summed E-state index contributed by atoms with van der Waals surface area (Å²) in [5, 5.41) is 18.9. The van der Waals surface area contributed by atoms with Gasteiger partial charge in [-0.2, -0.15) is 0 Å². The molecule has 6 N–H and O–H groups in total. The lowest BCUT2D eigenvalue weighted by molar-refractivity contribution is -0.156. The Kier molecular flexibility index (Phi) is 11.0. The van der Waals surface area contributed by atoms with Crippen LogP contribution in [-0.4, -0.2) is 76.0 Å². The van der Waals surface area contributed by atoms with Crippen LogP contribution in [0, 0.1) is 0 Å². The lowest BCUT2D eigenvalue weighted by Gasteiger charge is -2.42. The van der Waals surface area contributed by atoms with Crippen LogP contribution in [0.4, 0.5) is 4.79 Å². The smallest absolute Gasteiger partial charge is 0.408 e. The number of alkyl carbamates (subject to hydrolysis) is 1. The second-order valence-electron chi connectivity index (χ2n) is 11.3. The van der Waals surface area contributed by atoms with Crippen molar-refractivity contribution in [1.82, 2.24) is 20.9 Å². The first kappa shape index (κ1) is 32.1. The third kappa shape index (κ3) is 9.58. The van der Waals surface area contributed by atoms with Crippen molar-refractivity contribution in [3.8, 4) is 0 Å². The zero-order valence-electron chi connectivity index (χ0n) is 24.0. The van der Waals surface area contributed by atoms with Gasteiger partial charge in [0, 0.05) is 12.1 Å². The number of ether oxygens (including phenoxy) is 1. The minimum Gasteiger partial charge on any atom is -0.445 e. The van der Waals surface area contributed by atoms with Gasteiger partial charge in [0.15, 0.2) is 6.10 Å². The van der Waals surface area contributed by atoms with E-state index in [2.05, 4.69) is 16.0 Å². The topological polar surface area (TPSA) is 180 Å². The fourth-order valence-electron chi connectivity index (χ4n) is 4.43. The van der Waals surface area contributed by atoms with Crippen LogP contribution in [0.25, 0.3) is 0 Å². The van der Waals surface area contributed by atoms with Crippen molar-refractivity contribution in [3.05, 3.63) is 71.8 Å². The summed E-state index contributed by atoms with van der Waals surface area (Å²) in [6, 6.07) is 14.4. The Balaban J connectivity index is 1.73. The fraction of sp³-hybridized carbons (Fsp3) is 0.433. The molecule has 0 radical (unpaired) electrons. The molecule has 3 rings (SSSR count). The average Bonchev–Trinajstić information content (AvgIpc) is 2.90. The number of aliphatic hydroxyl groups is 1. The van der Waals surface area contributed by atoms with Crippen molar-refractivity contribution in [2.75, 3.05) is 6.54 Å². The summed E-state index contributed by atoms with van der Waals surface area (Å²) < 4.78 is 5.17. The molecule has 1 aliphatic heterocycles. The van der Waals surface area contributed by atoms with Gasteiger partial charge in [-0.05, 0) is 44.7 Å². The van der Waals surface area contributed by atoms with Crippen molar-refractivity contribution >= 4 is 29.7 Å². The van der Waals surface area contributed by atoms with E-state index in [4.69, 9.17) is 10.5 Å². The number of carbonyl (C=O) groups excluding carboxylic acids is 5. The molecule has 1 aliphatic rings. The zero-order valence-corrected chi connectivity index (χ0v) is 24.0. The van der Waals surface area contributed by atoms with Gasteiger partial charge in [0.25, 0.3) is 5.91 Å². The minimum absolute atomic E-state index is 0.0495. The first-order valence-corrected chi connectivity index (χ1v) is 13.7. The summed E-state index contributed by atoms with van der Waals surface area (Å²) >= 11 is 0. The molecular weight excluding hydrogens is 542 g/mol. The van der Waals surface area contributed by atoms with Crippen LogP contribution >= 0.6 is 0 Å². The van der Waals surface area contributed by atoms with Gasteiger partial charge in [0.05, 0.1) is 12.5 Å². The monoisotopic (exact) mass is 581 g/mol. The molecule has 2 aromatic rings. The average molecular weight is 582 g/mol. The Hall–Kier alpha value is -4.45. The van der Waals surface area contributed by atoms with Gasteiger partial charge in [-0.15, -0.1) is 0 Å². The molecule has 0 aliphatic carbocycles. The summed E-state index contributed by atoms with van der Waals surface area (Å²) in [6.07, 6.45) is -2.74. The highest BCUT2D eigenvalue weighted by Crippen LogP contribution is 2.21. The van der Waals surface area contributed by atoms with Crippen LogP contribution in [0.3, 0.4) is 0 Å². The number of aliphatic hydroxyl groups excluding tert-OH is 1. The summed E-state index contributed by atoms with van der Waals surface area (Å²) in [5.41, 5.74) is 6.25. The van der Waals surface area contributed by atoms with Crippen molar-refractivity contribution in [2.45, 2.75) is 76.4 Å². The molecule has 12 nitrogen and oxygen atoms in total. The zero-order chi connectivity index (χ0) is 30.9. The van der Waals surface area contributed by atoms with Crippen molar-refractivity contribution < 1.29 is 33.8 Å². The molecule has 1 saturated heterocycles. The predicted octanol–water partition coefficient (Wildman–Crippen LogP) is 0.761. The van der Waals surface area contributed by atoms with E-state index in [-0.39, 0.29) is 25.5 Å². The van der Waals surface area contributed by atoms with Gasteiger partial charge in [-0.1, -0.05) is 60.7 Å². The molecule has 1 fully saturated rings. The summed E-state index contributed by atoms with van der Waals surface area (Å²) in [7, 11) is 0. The Morgan fingerprint density at radius 1 is 0.976 bits per heavy atom. The maximum Gasteiger partial charge on any atom is 0.408 e. The molecular formula is C30H39N5O7. The van der Waals surface area contributed by atoms with Gasteiger partial charge >= 0.3 is 6.09 Å². The van der Waals surface area contributed by atoms with E-state index in [1.807, 2.05) is 26.8 Å². The highest BCUT2D eigenvalue weighted by Gasteiger charge is 2.43. The molecule has 4 atom stereocenters. The Morgan fingerprint density at radius 2 is 1.57 bits per heavy atom. The SMILES string of the molecule is CC(C)(C)NC(=O)C1CCN1C(=O)[C@@H](O)[C@H](Cc1ccccc1)NC(=O)[C@H](CC(N)=O)NC(=O)OCc1ccccc1. The van der Waals surface area contributed by atoms with Crippen molar-refractivity contribution in [2.24, 2.45) is 5.73 Å². The number of primary amides is 1. The summed E-state index contributed by atoms with van der Waals surface area (Å²) in [6.45, 7) is 5.67. The minimum atomic E-state index is -1.72. The molecule has 1 unspecified atom stereocenters. The maximum atomic E-state index is 13.3. The third-order valence-corrected chi connectivity index (χ3v) is 6.59. The van der Waals surface area contributed by atoms with Gasteiger partial charge in [-0.3, -0.25) is 19.2 Å². The van der Waals surface area contributed by atoms with E-state index < -0.39 is 60.0 Å². The largest absolute Gasteiger partial charge is 0.445 e. The molecule has 0 saturated carbocycles. The Labute approximate surface area is 245 Å². The standard InChI is InChI=1S/C30H39N5O7/c1-30(2,3)34-27(39)23-14-15-35(23)28(40)25(37)21(16-19-10-6-4-7-11-19)32-26(38)22(17-24(31)36)33-29(41)42-18-20-12-8-5-9-13-20/h4-13,21-23,25,37H,14-18H2,1-3H3,(H2,31,36)(H,32,38)(H,33,41)(H,34,39)/t21-,22-,23?,25-/m0/s1. The number of likely N-dealkylation sites (tertiary alicyclic amines) is 1. The number of carbonyl (C=O) groups is 5. The van der Waals surface area contributed by atoms with E-state index in [0.717, 1.165) is 0 Å². The first-order valence-electron chi connectivity index (χ1n) is 13.7. The summed E-state index contributed by atoms with van der Waals surface area (Å²) in [4.78, 5) is 64.8. The fourth-order valence-corrected chi connectivity index (χ4v) is 4.43. The van der Waals surface area contributed by atoms with Crippen molar-refractivity contribution in [3.63, 3.8) is 0 Å². The normalized spacial score (nSPS) is 16.7. The number of rotatable bonds is 12. The Morgan fingerprint density at radius 3 is 2.10 bits per heavy atom. The quantitative estimate of drug-likeness (QED) is 0.245. The van der Waals surface area contributed by atoms with Crippen LogP contribution < -0.4 is 21.7 Å². The molecule has 5 amide bonds. The van der Waals surface area contributed by atoms with Crippen LogP contribution in [-0.2, 0) is 36.9 Å². The molecule has 42 heavy (non-hydrogen) atoms.